The average Bonchev–Trinajstić information content (AvgIpc) is 2.89. The summed E-state index contributed by atoms with van der Waals surface area (Å²) in [5.74, 6) is -0.0968. The van der Waals surface area contributed by atoms with Crippen molar-refractivity contribution < 1.29 is 19.5 Å². The van der Waals surface area contributed by atoms with Gasteiger partial charge in [0.25, 0.3) is 0 Å². The third kappa shape index (κ3) is 7.67. The zero-order chi connectivity index (χ0) is 25.0. The first-order valence-electron chi connectivity index (χ1n) is 11.8. The van der Waals surface area contributed by atoms with Crippen molar-refractivity contribution >= 4 is 11.7 Å². The van der Waals surface area contributed by atoms with Crippen molar-refractivity contribution in [3.8, 4) is 17.0 Å². The fraction of sp³-hybridized carbons (Fsp3) is 0.286. The molecular formula is C28H33N3O4. The van der Waals surface area contributed by atoms with Crippen LogP contribution in [-0.2, 0) is 16.1 Å². The standard InChI is InChI=1S/C28H33N3O4/c1-4-31(5-2)27(28(32)33)20-22-9-15-25(16-10-22)34-18-19-35-30-21(3)23-11-13-24(14-12-23)26-8-6-7-17-29-26/h6-17,27,30H,3-5,18-20H2,1-2H3,(H,32,33). The maximum Gasteiger partial charge on any atom is 0.321 e. The highest BCUT2D eigenvalue weighted by atomic mass is 16.7. The van der Waals surface area contributed by atoms with Crippen molar-refractivity contribution in [2.75, 3.05) is 26.3 Å². The van der Waals surface area contributed by atoms with Gasteiger partial charge in [0.2, 0.25) is 0 Å². The van der Waals surface area contributed by atoms with Gasteiger partial charge in [-0.15, -0.1) is 0 Å². The normalized spacial score (nSPS) is 11.7. The van der Waals surface area contributed by atoms with Crippen LogP contribution >= 0.6 is 0 Å². The van der Waals surface area contributed by atoms with Crippen LogP contribution in [0.1, 0.15) is 25.0 Å². The Labute approximate surface area is 207 Å². The number of ether oxygens (including phenoxy) is 1. The van der Waals surface area contributed by atoms with Crippen LogP contribution in [0.5, 0.6) is 5.75 Å². The lowest BCUT2D eigenvalue weighted by atomic mass is 10.0. The van der Waals surface area contributed by atoms with E-state index < -0.39 is 12.0 Å². The highest BCUT2D eigenvalue weighted by molar-refractivity contribution is 5.74. The van der Waals surface area contributed by atoms with E-state index in [1.807, 2.05) is 85.5 Å². The Kier molecular flexibility index (Phi) is 9.83. The number of carboxylic acid groups (broad SMARTS) is 1. The Morgan fingerprint density at radius 1 is 1.03 bits per heavy atom. The van der Waals surface area contributed by atoms with E-state index in [1.165, 1.54) is 0 Å². The van der Waals surface area contributed by atoms with Crippen LogP contribution in [0.15, 0.2) is 79.5 Å². The van der Waals surface area contributed by atoms with Gasteiger partial charge >= 0.3 is 5.97 Å². The number of nitrogens with one attached hydrogen (secondary N) is 1. The first-order valence-corrected chi connectivity index (χ1v) is 11.8. The van der Waals surface area contributed by atoms with Crippen molar-refractivity contribution in [1.29, 1.82) is 0 Å². The van der Waals surface area contributed by atoms with Gasteiger partial charge < -0.3 is 9.84 Å². The molecule has 2 aromatic carbocycles. The molecule has 0 amide bonds. The topological polar surface area (TPSA) is 83.9 Å². The number of hydrogen-bond donors (Lipinski definition) is 2. The van der Waals surface area contributed by atoms with Crippen molar-refractivity contribution in [3.05, 3.63) is 90.6 Å². The van der Waals surface area contributed by atoms with Crippen molar-refractivity contribution in [2.45, 2.75) is 26.3 Å². The quantitative estimate of drug-likeness (QED) is 0.259. The van der Waals surface area contributed by atoms with E-state index in [0.717, 1.165) is 22.4 Å². The second-order valence-corrected chi connectivity index (χ2v) is 7.99. The number of rotatable bonds is 14. The fourth-order valence-corrected chi connectivity index (χ4v) is 3.76. The van der Waals surface area contributed by atoms with E-state index in [1.54, 1.807) is 6.20 Å². The number of likely N-dealkylation sites (N-methyl/N-ethyl adjacent to an activating group) is 1. The zero-order valence-corrected chi connectivity index (χ0v) is 20.3. The molecule has 0 saturated carbocycles. The molecular weight excluding hydrogens is 442 g/mol. The molecule has 184 valence electrons. The Morgan fingerprint density at radius 2 is 1.74 bits per heavy atom. The zero-order valence-electron chi connectivity index (χ0n) is 20.3. The molecule has 0 aliphatic carbocycles. The van der Waals surface area contributed by atoms with E-state index >= 15 is 0 Å². The van der Waals surface area contributed by atoms with Crippen LogP contribution in [0.2, 0.25) is 0 Å². The minimum atomic E-state index is -0.801. The highest BCUT2D eigenvalue weighted by Crippen LogP contribution is 2.19. The van der Waals surface area contributed by atoms with Gasteiger partial charge in [-0.25, -0.2) is 0 Å². The monoisotopic (exact) mass is 475 g/mol. The predicted octanol–water partition coefficient (Wildman–Crippen LogP) is 4.66. The maximum absolute atomic E-state index is 11.7. The van der Waals surface area contributed by atoms with E-state index in [9.17, 15) is 9.90 Å². The largest absolute Gasteiger partial charge is 0.491 e. The Morgan fingerprint density at radius 3 is 2.34 bits per heavy atom. The minimum Gasteiger partial charge on any atom is -0.491 e. The predicted molar refractivity (Wildman–Crippen MR) is 138 cm³/mol. The van der Waals surface area contributed by atoms with Crippen molar-refractivity contribution in [3.63, 3.8) is 0 Å². The number of carboxylic acids is 1. The van der Waals surface area contributed by atoms with Crippen LogP contribution in [0.25, 0.3) is 17.0 Å². The van der Waals surface area contributed by atoms with Gasteiger partial charge in [-0.1, -0.05) is 62.9 Å². The summed E-state index contributed by atoms with van der Waals surface area (Å²) in [6.45, 7) is 10.0. The molecule has 0 spiro atoms. The van der Waals surface area contributed by atoms with Crippen molar-refractivity contribution in [2.24, 2.45) is 0 Å². The van der Waals surface area contributed by atoms with E-state index in [-0.39, 0.29) is 0 Å². The molecule has 3 aromatic rings. The van der Waals surface area contributed by atoms with E-state index in [0.29, 0.717) is 44.2 Å². The molecule has 1 aromatic heterocycles. The van der Waals surface area contributed by atoms with Crippen LogP contribution in [0, 0.1) is 0 Å². The smallest absolute Gasteiger partial charge is 0.321 e. The number of aliphatic carboxylic acids is 1. The third-order valence-electron chi connectivity index (χ3n) is 5.73. The number of nitrogens with zero attached hydrogens (tertiary/aromatic N) is 2. The Balaban J connectivity index is 1.40. The summed E-state index contributed by atoms with van der Waals surface area (Å²) in [6, 6.07) is 20.7. The summed E-state index contributed by atoms with van der Waals surface area (Å²) in [4.78, 5) is 23.4. The first-order chi connectivity index (χ1) is 17.0. The van der Waals surface area contributed by atoms with Gasteiger partial charge in [-0.05, 0) is 54.9 Å². The lowest BCUT2D eigenvalue weighted by Crippen LogP contribution is -2.42. The van der Waals surface area contributed by atoms with Crippen LogP contribution in [0.4, 0.5) is 0 Å². The summed E-state index contributed by atoms with van der Waals surface area (Å²) in [5, 5.41) is 9.56. The number of benzene rings is 2. The summed E-state index contributed by atoms with van der Waals surface area (Å²) >= 11 is 0. The molecule has 3 rings (SSSR count). The molecule has 1 unspecified atom stereocenters. The second kappa shape index (κ2) is 13.3. The molecule has 0 fully saturated rings. The van der Waals surface area contributed by atoms with Crippen LogP contribution in [0.3, 0.4) is 0 Å². The molecule has 0 radical (unpaired) electrons. The van der Waals surface area contributed by atoms with Gasteiger partial charge in [0, 0.05) is 11.8 Å². The van der Waals surface area contributed by atoms with Gasteiger partial charge in [0.1, 0.15) is 25.0 Å². The molecule has 0 aliphatic rings. The molecule has 1 atom stereocenters. The summed E-state index contributed by atoms with van der Waals surface area (Å²) in [6.07, 6.45) is 2.23. The Hall–Kier alpha value is -3.68. The first kappa shape index (κ1) is 25.9. The van der Waals surface area contributed by atoms with Gasteiger partial charge in [-0.3, -0.25) is 25.0 Å². The fourth-order valence-electron chi connectivity index (χ4n) is 3.76. The SMILES string of the molecule is C=C(NOCCOc1ccc(CC(C(=O)O)N(CC)CC)cc1)c1ccc(-c2ccccn2)cc1. The second-order valence-electron chi connectivity index (χ2n) is 7.99. The van der Waals surface area contributed by atoms with Crippen LogP contribution in [-0.4, -0.2) is 53.3 Å². The number of hydroxylamine groups is 1. The number of aromatic nitrogens is 1. The minimum absolute atomic E-state index is 0.329. The summed E-state index contributed by atoms with van der Waals surface area (Å²) in [5.41, 5.74) is 7.35. The molecule has 2 N–H and O–H groups in total. The molecule has 0 saturated heterocycles. The molecule has 0 aliphatic heterocycles. The van der Waals surface area contributed by atoms with Gasteiger partial charge in [0.05, 0.1) is 11.4 Å². The molecule has 0 bridgehead atoms. The molecule has 35 heavy (non-hydrogen) atoms. The van der Waals surface area contributed by atoms with Gasteiger partial charge in [-0.2, -0.15) is 0 Å². The van der Waals surface area contributed by atoms with E-state index in [4.69, 9.17) is 9.57 Å². The number of pyridine rings is 1. The molecule has 7 nitrogen and oxygen atoms in total. The highest BCUT2D eigenvalue weighted by Gasteiger charge is 2.23. The maximum atomic E-state index is 11.7. The van der Waals surface area contributed by atoms with E-state index in [2.05, 4.69) is 17.0 Å². The lowest BCUT2D eigenvalue weighted by Gasteiger charge is -2.26. The Bertz CT molecular complexity index is 1070. The summed E-state index contributed by atoms with van der Waals surface area (Å²) < 4.78 is 5.73. The number of hydrogen-bond acceptors (Lipinski definition) is 6. The van der Waals surface area contributed by atoms with Crippen molar-refractivity contribution in [1.82, 2.24) is 15.4 Å². The average molecular weight is 476 g/mol. The number of carbonyl (C=O) groups is 1. The summed E-state index contributed by atoms with van der Waals surface area (Å²) in [7, 11) is 0. The molecule has 1 heterocycles. The third-order valence-corrected chi connectivity index (χ3v) is 5.73. The van der Waals surface area contributed by atoms with Gasteiger partial charge in [0.15, 0.2) is 0 Å². The van der Waals surface area contributed by atoms with Crippen LogP contribution < -0.4 is 10.2 Å². The lowest BCUT2D eigenvalue weighted by molar-refractivity contribution is -0.143. The molecule has 7 heteroatoms.